The van der Waals surface area contributed by atoms with Crippen molar-refractivity contribution in [2.45, 2.75) is 64.2 Å². The largest absolute Gasteiger partial charge is 0.353 e. The van der Waals surface area contributed by atoms with Crippen LogP contribution in [-0.2, 0) is 9.59 Å². The van der Waals surface area contributed by atoms with Crippen LogP contribution in [0.2, 0.25) is 0 Å². The smallest absolute Gasteiger partial charge is 0.220 e. The van der Waals surface area contributed by atoms with Crippen LogP contribution in [-0.4, -0.2) is 24.9 Å². The van der Waals surface area contributed by atoms with Crippen LogP contribution in [0.4, 0.5) is 0 Å². The summed E-state index contributed by atoms with van der Waals surface area (Å²) in [5.74, 6) is 0.240. The SMILES string of the molecule is C=CCNC(=O)CCCCCCCCCCC(=O)NCC=C. The van der Waals surface area contributed by atoms with Crippen molar-refractivity contribution in [2.24, 2.45) is 0 Å². The Kier molecular flexibility index (Phi) is 14.7. The maximum absolute atomic E-state index is 11.3. The molecule has 0 saturated heterocycles. The summed E-state index contributed by atoms with van der Waals surface area (Å²) in [5.41, 5.74) is 0. The second-order valence-electron chi connectivity index (χ2n) is 5.51. The standard InChI is InChI=1S/C18H32N2O2/c1-3-15-19-17(21)13-11-9-7-5-6-8-10-12-14-18(22)20-16-4-2/h3-4H,1-2,5-16H2,(H,19,21)(H,20,22). The van der Waals surface area contributed by atoms with E-state index in [9.17, 15) is 9.59 Å². The molecule has 0 atom stereocenters. The zero-order valence-corrected chi connectivity index (χ0v) is 13.9. The third kappa shape index (κ3) is 14.8. The van der Waals surface area contributed by atoms with E-state index in [0.717, 1.165) is 25.7 Å². The first-order valence-electron chi connectivity index (χ1n) is 8.46. The van der Waals surface area contributed by atoms with Gasteiger partial charge in [-0.15, -0.1) is 13.2 Å². The molecule has 22 heavy (non-hydrogen) atoms. The van der Waals surface area contributed by atoms with Gasteiger partial charge in [-0.05, 0) is 12.8 Å². The van der Waals surface area contributed by atoms with Crippen LogP contribution in [0.15, 0.2) is 25.3 Å². The van der Waals surface area contributed by atoms with Gasteiger partial charge >= 0.3 is 0 Å². The van der Waals surface area contributed by atoms with Crippen molar-refractivity contribution in [3.63, 3.8) is 0 Å². The Hall–Kier alpha value is -1.58. The van der Waals surface area contributed by atoms with E-state index >= 15 is 0 Å². The summed E-state index contributed by atoms with van der Waals surface area (Å²) in [6, 6.07) is 0. The second kappa shape index (κ2) is 15.8. The molecule has 0 spiro atoms. The molecule has 0 unspecified atom stereocenters. The van der Waals surface area contributed by atoms with Gasteiger partial charge in [0, 0.05) is 25.9 Å². The number of carbonyl (C=O) groups excluding carboxylic acids is 2. The molecule has 0 aliphatic rings. The highest BCUT2D eigenvalue weighted by atomic mass is 16.2. The molecule has 2 N–H and O–H groups in total. The molecule has 0 fully saturated rings. The topological polar surface area (TPSA) is 58.2 Å². The van der Waals surface area contributed by atoms with E-state index in [1.165, 1.54) is 25.7 Å². The van der Waals surface area contributed by atoms with Crippen LogP contribution in [0.5, 0.6) is 0 Å². The van der Waals surface area contributed by atoms with Crippen molar-refractivity contribution >= 4 is 11.8 Å². The quantitative estimate of drug-likeness (QED) is 0.359. The summed E-state index contributed by atoms with van der Waals surface area (Å²) in [6.07, 6.45) is 13.6. The van der Waals surface area contributed by atoms with Crippen molar-refractivity contribution in [2.75, 3.05) is 13.1 Å². The summed E-state index contributed by atoms with van der Waals surface area (Å²) >= 11 is 0. The van der Waals surface area contributed by atoms with Crippen molar-refractivity contribution in [1.29, 1.82) is 0 Å². The number of hydrogen-bond acceptors (Lipinski definition) is 2. The first kappa shape index (κ1) is 20.4. The first-order valence-corrected chi connectivity index (χ1v) is 8.46. The molecule has 0 saturated carbocycles. The van der Waals surface area contributed by atoms with Crippen LogP contribution in [0, 0.1) is 0 Å². The Balaban J connectivity index is 3.20. The highest BCUT2D eigenvalue weighted by Gasteiger charge is 2.00. The number of amides is 2. The molecule has 4 nitrogen and oxygen atoms in total. The van der Waals surface area contributed by atoms with Crippen LogP contribution >= 0.6 is 0 Å². The fourth-order valence-corrected chi connectivity index (χ4v) is 2.18. The van der Waals surface area contributed by atoms with E-state index in [-0.39, 0.29) is 11.8 Å². The van der Waals surface area contributed by atoms with Gasteiger partial charge < -0.3 is 10.6 Å². The number of carbonyl (C=O) groups is 2. The lowest BCUT2D eigenvalue weighted by molar-refractivity contribution is -0.121. The number of hydrogen-bond donors (Lipinski definition) is 2. The third-order valence-corrected chi connectivity index (χ3v) is 3.44. The van der Waals surface area contributed by atoms with Crippen LogP contribution in [0.25, 0.3) is 0 Å². The molecule has 4 heteroatoms. The molecular weight excluding hydrogens is 276 g/mol. The Bertz CT molecular complexity index is 295. The molecule has 0 rings (SSSR count). The lowest BCUT2D eigenvalue weighted by atomic mass is 10.1. The summed E-state index contributed by atoms with van der Waals surface area (Å²) in [4.78, 5) is 22.7. The Morgan fingerprint density at radius 2 is 0.955 bits per heavy atom. The van der Waals surface area contributed by atoms with Gasteiger partial charge in [0.15, 0.2) is 0 Å². The molecule has 0 aromatic heterocycles. The van der Waals surface area contributed by atoms with E-state index in [2.05, 4.69) is 23.8 Å². The fraction of sp³-hybridized carbons (Fsp3) is 0.667. The maximum atomic E-state index is 11.3. The lowest BCUT2D eigenvalue weighted by Gasteiger charge is -2.04. The fourth-order valence-electron chi connectivity index (χ4n) is 2.18. The Morgan fingerprint density at radius 1 is 0.636 bits per heavy atom. The normalized spacial score (nSPS) is 10.0. The van der Waals surface area contributed by atoms with Gasteiger partial charge in [-0.1, -0.05) is 50.7 Å². The third-order valence-electron chi connectivity index (χ3n) is 3.44. The summed E-state index contributed by atoms with van der Waals surface area (Å²) < 4.78 is 0. The van der Waals surface area contributed by atoms with Gasteiger partial charge in [0.2, 0.25) is 11.8 Å². The van der Waals surface area contributed by atoms with Gasteiger partial charge in [0.05, 0.1) is 0 Å². The van der Waals surface area contributed by atoms with Crippen LogP contribution in [0.1, 0.15) is 64.2 Å². The summed E-state index contributed by atoms with van der Waals surface area (Å²) in [5, 5.41) is 5.57. The predicted octanol–water partition coefficient (Wildman–Crippen LogP) is 3.49. The van der Waals surface area contributed by atoms with Gasteiger partial charge in [-0.3, -0.25) is 9.59 Å². The lowest BCUT2D eigenvalue weighted by Crippen LogP contribution is -2.22. The minimum Gasteiger partial charge on any atom is -0.353 e. The summed E-state index contributed by atoms with van der Waals surface area (Å²) in [6.45, 7) is 8.25. The Morgan fingerprint density at radius 3 is 1.27 bits per heavy atom. The average Bonchev–Trinajstić information content (AvgIpc) is 2.52. The molecule has 0 heterocycles. The minimum absolute atomic E-state index is 0.120. The molecule has 0 aromatic rings. The van der Waals surface area contributed by atoms with Crippen molar-refractivity contribution in [3.05, 3.63) is 25.3 Å². The van der Waals surface area contributed by atoms with Gasteiger partial charge in [0.25, 0.3) is 0 Å². The molecule has 0 aliphatic heterocycles. The predicted molar refractivity (Wildman–Crippen MR) is 92.6 cm³/mol. The zero-order chi connectivity index (χ0) is 16.5. The van der Waals surface area contributed by atoms with Crippen LogP contribution in [0.3, 0.4) is 0 Å². The maximum Gasteiger partial charge on any atom is 0.220 e. The Labute approximate surface area is 135 Å². The van der Waals surface area contributed by atoms with Crippen molar-refractivity contribution in [3.8, 4) is 0 Å². The van der Waals surface area contributed by atoms with Crippen LogP contribution < -0.4 is 10.6 Å². The molecular formula is C18H32N2O2. The monoisotopic (exact) mass is 308 g/mol. The van der Waals surface area contributed by atoms with E-state index < -0.39 is 0 Å². The molecule has 0 radical (unpaired) electrons. The van der Waals surface area contributed by atoms with Gasteiger partial charge in [0.1, 0.15) is 0 Å². The molecule has 0 bridgehead atoms. The zero-order valence-electron chi connectivity index (χ0n) is 13.9. The highest BCUT2D eigenvalue weighted by molar-refractivity contribution is 5.76. The molecule has 2 amide bonds. The second-order valence-corrected chi connectivity index (χ2v) is 5.51. The molecule has 0 aliphatic carbocycles. The van der Waals surface area contributed by atoms with E-state index in [0.29, 0.717) is 25.9 Å². The van der Waals surface area contributed by atoms with E-state index in [1.807, 2.05) is 0 Å². The van der Waals surface area contributed by atoms with E-state index in [1.54, 1.807) is 12.2 Å². The molecule has 126 valence electrons. The van der Waals surface area contributed by atoms with Crippen molar-refractivity contribution < 1.29 is 9.59 Å². The molecule has 0 aromatic carbocycles. The highest BCUT2D eigenvalue weighted by Crippen LogP contribution is 2.10. The van der Waals surface area contributed by atoms with Gasteiger partial charge in [-0.2, -0.15) is 0 Å². The van der Waals surface area contributed by atoms with Crippen molar-refractivity contribution in [1.82, 2.24) is 10.6 Å². The average molecular weight is 308 g/mol. The van der Waals surface area contributed by atoms with Gasteiger partial charge in [-0.25, -0.2) is 0 Å². The number of rotatable bonds is 15. The minimum atomic E-state index is 0.120. The number of nitrogens with one attached hydrogen (secondary N) is 2. The van der Waals surface area contributed by atoms with E-state index in [4.69, 9.17) is 0 Å². The number of unbranched alkanes of at least 4 members (excludes halogenated alkanes) is 7. The first-order chi connectivity index (χ1) is 10.7. The summed E-state index contributed by atoms with van der Waals surface area (Å²) in [7, 11) is 0.